The van der Waals surface area contributed by atoms with Crippen molar-refractivity contribution in [3.63, 3.8) is 0 Å². The summed E-state index contributed by atoms with van der Waals surface area (Å²) in [5.74, 6) is -1.27. The Kier molecular flexibility index (Phi) is 42.2. The van der Waals surface area contributed by atoms with Crippen molar-refractivity contribution in [1.29, 1.82) is 0 Å². The van der Waals surface area contributed by atoms with Gasteiger partial charge in [0.25, 0.3) is 11.8 Å². The molecule has 1 atom stereocenters. The summed E-state index contributed by atoms with van der Waals surface area (Å²) in [4.78, 5) is 83.7. The van der Waals surface area contributed by atoms with E-state index in [0.717, 1.165) is 61.2 Å². The van der Waals surface area contributed by atoms with Crippen molar-refractivity contribution >= 4 is 46.8 Å². The monoisotopic (exact) mass is 1460 g/mol. The fraction of sp³-hybridized carbons (Fsp3) is 0.616. The van der Waals surface area contributed by atoms with Gasteiger partial charge in [-0.15, -0.1) is 0 Å². The van der Waals surface area contributed by atoms with E-state index in [-0.39, 0.29) is 74.6 Å². The molecule has 2 aromatic heterocycles. The van der Waals surface area contributed by atoms with E-state index in [0.29, 0.717) is 198 Å². The maximum Gasteiger partial charge on any atom is 0.416 e. The number of aliphatic carboxylic acids is 1. The second-order valence-electron chi connectivity index (χ2n) is 24.6. The Labute approximate surface area is 601 Å². The van der Waals surface area contributed by atoms with Gasteiger partial charge in [0.05, 0.1) is 142 Å². The van der Waals surface area contributed by atoms with Crippen LogP contribution in [0.15, 0.2) is 67.0 Å². The molecule has 5 N–H and O–H groups in total. The number of pyridine rings is 2. The number of halogens is 3. The molecule has 2 saturated heterocycles. The standard InChI is InChI=1S/C33H39F3N4O9.C22H44O7.C18H23N3O4/c1-23-28(19-27(21-37-23)39-31(43)24-3-2-4-26(17-24)33(34,35)36)25-18-29(40-5-7-44-8-6-40)32(38-20-25)49-16-15-47-12-11-45-9-10-46-13-14-48-22-30(41)42;1-20(2)7-5-9-24-10-6-8-22(23)19-28-16-15-26-12-11-25-13-14-27-17-18-29-21(3)4;19-8-10-25-9-2-4-12-3-1-5-13-14(12)11-21(18(13)24)15-6-7-16(22)20-17(15)23/h2-4,17-21H,5-16,22H2,1H3,(H,39,43)(H,41,42);20-21H,5-19H2,1-4H3;1,3,5,15H,2,4,6-11,19H2,(H,20,22,23). The number of rotatable bonds is 49. The Balaban J connectivity index is 0.000000301. The normalized spacial score (nSPS) is 14.5. The third-order valence-electron chi connectivity index (χ3n) is 15.6. The van der Waals surface area contributed by atoms with E-state index in [1.165, 1.54) is 24.8 Å². The molecule has 103 heavy (non-hydrogen) atoms. The zero-order valence-corrected chi connectivity index (χ0v) is 60.2. The first-order valence-corrected chi connectivity index (χ1v) is 35.2. The predicted molar refractivity (Wildman–Crippen MR) is 375 cm³/mol. The van der Waals surface area contributed by atoms with Gasteiger partial charge < -0.3 is 87.5 Å². The maximum absolute atomic E-state index is 13.2. The molecule has 0 saturated carbocycles. The van der Waals surface area contributed by atoms with Crippen molar-refractivity contribution in [3.05, 3.63) is 101 Å². The number of imide groups is 1. The van der Waals surface area contributed by atoms with Crippen LogP contribution in [0, 0.1) is 12.8 Å². The molecule has 1 unspecified atom stereocenters. The van der Waals surface area contributed by atoms with Crippen LogP contribution in [0.1, 0.15) is 116 Å². The Morgan fingerprint density at radius 3 is 1.90 bits per heavy atom. The number of carboxylic acid groups (broad SMARTS) is 1. The van der Waals surface area contributed by atoms with E-state index in [1.807, 2.05) is 32.0 Å². The minimum atomic E-state index is -4.57. The number of aryl methyl sites for hydroxylation is 2. The van der Waals surface area contributed by atoms with Crippen molar-refractivity contribution in [2.45, 2.75) is 111 Å². The Hall–Kier alpha value is -7.17. The first kappa shape index (κ1) is 86.5. The molecule has 0 spiro atoms. The number of anilines is 2. The first-order valence-electron chi connectivity index (χ1n) is 35.2. The molecule has 2 fully saturated rings. The van der Waals surface area contributed by atoms with Crippen molar-refractivity contribution in [1.82, 2.24) is 20.2 Å². The molecule has 7 rings (SSSR count). The second kappa shape index (κ2) is 50.3. The number of alkyl halides is 3. The molecule has 0 radical (unpaired) electrons. The number of carboxylic acids is 1. The van der Waals surface area contributed by atoms with Gasteiger partial charge in [0.15, 0.2) is 5.78 Å². The van der Waals surface area contributed by atoms with E-state index in [9.17, 15) is 41.9 Å². The summed E-state index contributed by atoms with van der Waals surface area (Å²) in [6.45, 7) is 22.4. The highest BCUT2D eigenvalue weighted by atomic mass is 19.4. The highest BCUT2D eigenvalue weighted by Gasteiger charge is 2.40. The van der Waals surface area contributed by atoms with Gasteiger partial charge in [-0.25, -0.2) is 9.78 Å². The zero-order valence-electron chi connectivity index (χ0n) is 60.2. The molecule has 3 aliphatic rings. The highest BCUT2D eigenvalue weighted by Crippen LogP contribution is 2.35. The van der Waals surface area contributed by atoms with Crippen LogP contribution in [-0.4, -0.2) is 246 Å². The number of ether oxygens (including phenoxy) is 13. The molecule has 0 aliphatic carbocycles. The summed E-state index contributed by atoms with van der Waals surface area (Å²) in [7, 11) is 0. The quantitative estimate of drug-likeness (QED) is 0.0243. The predicted octanol–water partition coefficient (Wildman–Crippen LogP) is 7.72. The van der Waals surface area contributed by atoms with Crippen LogP contribution in [0.2, 0.25) is 0 Å². The summed E-state index contributed by atoms with van der Waals surface area (Å²) in [5.41, 5.74) is 10.2. The SMILES string of the molecule is CC(C)CCCOCCCC(=O)COCCOCCOCCOCCOC(C)C.Cc1ncc(NC(=O)c2cccc(C(F)(F)F)c2)cc1-c1cnc(OCCOCCOCCOCCOCC(=O)O)c(N2CCOCC2)c1.NCCOCCCc1cccc2c1CN(C1CCC(=O)NC1=O)C2=O. The van der Waals surface area contributed by atoms with Gasteiger partial charge in [-0.3, -0.25) is 34.3 Å². The number of fused-ring (bicyclic) bond motifs is 1. The fourth-order valence-corrected chi connectivity index (χ4v) is 10.4. The number of benzene rings is 2. The van der Waals surface area contributed by atoms with Crippen LogP contribution in [0.5, 0.6) is 5.88 Å². The minimum Gasteiger partial charge on any atom is -0.480 e. The Bertz CT molecular complexity index is 3140. The van der Waals surface area contributed by atoms with E-state index < -0.39 is 29.7 Å². The number of nitrogens with two attached hydrogens (primary N) is 1. The largest absolute Gasteiger partial charge is 0.480 e. The van der Waals surface area contributed by atoms with Gasteiger partial charge in [-0.05, 0) is 113 Å². The van der Waals surface area contributed by atoms with E-state index >= 15 is 0 Å². The molecule has 30 heteroatoms. The molecule has 4 aromatic rings. The number of Topliss-reactive ketones (excluding diaryl/α,β-unsaturated/α-hetero) is 1. The van der Waals surface area contributed by atoms with Crippen LogP contribution in [-0.2, 0) is 95.2 Å². The van der Waals surface area contributed by atoms with Gasteiger partial charge in [-0.1, -0.05) is 32.0 Å². The number of carbonyl (C=O) groups is 6. The molecular formula is C73H106F3N7O20. The van der Waals surface area contributed by atoms with Gasteiger partial charge >= 0.3 is 12.1 Å². The minimum absolute atomic E-state index is 0.109. The molecule has 2 aromatic carbocycles. The lowest BCUT2D eigenvalue weighted by Crippen LogP contribution is -2.52. The van der Waals surface area contributed by atoms with Gasteiger partial charge in [0.2, 0.25) is 17.7 Å². The topological polar surface area (TPSA) is 325 Å². The smallest absolute Gasteiger partial charge is 0.416 e. The third-order valence-corrected chi connectivity index (χ3v) is 15.6. The molecule has 27 nitrogen and oxygen atoms in total. The summed E-state index contributed by atoms with van der Waals surface area (Å²) in [5, 5.41) is 13.5. The number of amides is 4. The van der Waals surface area contributed by atoms with Gasteiger partial charge in [0, 0.05) is 93.0 Å². The average Bonchev–Trinajstić information content (AvgIpc) is 1.65. The lowest BCUT2D eigenvalue weighted by atomic mass is 10.00. The van der Waals surface area contributed by atoms with Crippen LogP contribution in [0.25, 0.3) is 11.1 Å². The van der Waals surface area contributed by atoms with Crippen molar-refractivity contribution in [2.75, 3.05) is 188 Å². The number of nitrogens with one attached hydrogen (secondary N) is 2. The van der Waals surface area contributed by atoms with Gasteiger partial charge in [-0.2, -0.15) is 13.2 Å². The first-order chi connectivity index (χ1) is 49.7. The maximum atomic E-state index is 13.2. The van der Waals surface area contributed by atoms with E-state index in [1.54, 1.807) is 30.2 Å². The molecule has 4 amide bonds. The molecule has 5 heterocycles. The summed E-state index contributed by atoms with van der Waals surface area (Å²) in [6, 6.07) is 13.0. The fourth-order valence-electron chi connectivity index (χ4n) is 10.4. The number of hydrogen-bond acceptors (Lipinski definition) is 23. The van der Waals surface area contributed by atoms with E-state index in [2.05, 4.69) is 39.3 Å². The molecular weight excluding hydrogens is 1350 g/mol. The van der Waals surface area contributed by atoms with Crippen LogP contribution < -0.4 is 26.0 Å². The van der Waals surface area contributed by atoms with Crippen molar-refractivity contribution < 1.29 is 109 Å². The number of hydrogen-bond donors (Lipinski definition) is 4. The van der Waals surface area contributed by atoms with Gasteiger partial charge in [0.1, 0.15) is 31.5 Å². The van der Waals surface area contributed by atoms with Crippen molar-refractivity contribution in [3.8, 4) is 17.0 Å². The number of carbonyl (C=O) groups excluding carboxylic acids is 5. The number of piperidine rings is 1. The number of aromatic nitrogens is 2. The second-order valence-corrected chi connectivity index (χ2v) is 24.6. The van der Waals surface area contributed by atoms with Crippen molar-refractivity contribution in [2.24, 2.45) is 11.7 Å². The van der Waals surface area contributed by atoms with Crippen LogP contribution in [0.4, 0.5) is 24.5 Å². The number of nitrogens with zero attached hydrogens (tertiary/aromatic N) is 4. The lowest BCUT2D eigenvalue weighted by Gasteiger charge is -2.30. The molecule has 574 valence electrons. The Morgan fingerprint density at radius 2 is 1.28 bits per heavy atom. The summed E-state index contributed by atoms with van der Waals surface area (Å²) >= 11 is 0. The van der Waals surface area contributed by atoms with E-state index in [4.69, 9.17) is 72.4 Å². The lowest BCUT2D eigenvalue weighted by molar-refractivity contribution is -0.143. The molecule has 3 aliphatic heterocycles. The Morgan fingerprint density at radius 1 is 0.689 bits per heavy atom. The summed E-state index contributed by atoms with van der Waals surface area (Å²) in [6.07, 6.45) is 4.58. The molecule has 0 bridgehead atoms. The van der Waals surface area contributed by atoms with Crippen LogP contribution >= 0.6 is 0 Å². The zero-order chi connectivity index (χ0) is 74.5. The number of morpholine rings is 1. The third kappa shape index (κ3) is 35.0. The number of ketones is 1. The highest BCUT2D eigenvalue weighted by molar-refractivity contribution is 6.06. The average molecular weight is 1460 g/mol. The summed E-state index contributed by atoms with van der Waals surface area (Å²) < 4.78 is 110. The van der Waals surface area contributed by atoms with Crippen LogP contribution in [0.3, 0.4) is 0 Å².